The molecule has 2 heteroatoms. The Morgan fingerprint density at radius 1 is 0.857 bits per heavy atom. The summed E-state index contributed by atoms with van der Waals surface area (Å²) in [6, 6.07) is 0. The molecule has 0 nitrogen and oxygen atoms in total. The van der Waals surface area contributed by atoms with Crippen LogP contribution in [-0.2, 0) is 0 Å². The second-order valence-electron chi connectivity index (χ2n) is 8.12. The summed E-state index contributed by atoms with van der Waals surface area (Å²) >= 11 is -3.64. The molecule has 0 aromatic heterocycles. The minimum atomic E-state index is -2.03. The Kier molecular flexibility index (Phi) is 12.2. The van der Waals surface area contributed by atoms with E-state index < -0.39 is 31.6 Å². The van der Waals surface area contributed by atoms with Gasteiger partial charge in [-0.3, -0.25) is 0 Å². The van der Waals surface area contributed by atoms with Gasteiger partial charge in [0.15, 0.2) is 0 Å². The Balaban J connectivity index is 5.44. The molecule has 1 atom stereocenters. The normalized spacial score (nSPS) is 14.2. The van der Waals surface area contributed by atoms with Crippen LogP contribution in [-0.4, -0.2) is 31.6 Å². The van der Waals surface area contributed by atoms with Gasteiger partial charge in [-0.15, -0.1) is 0 Å². The molecule has 21 heavy (non-hydrogen) atoms. The van der Waals surface area contributed by atoms with E-state index in [1.54, 1.807) is 13.3 Å². The van der Waals surface area contributed by atoms with Crippen molar-refractivity contribution in [1.82, 2.24) is 0 Å². The van der Waals surface area contributed by atoms with Crippen molar-refractivity contribution >= 4 is 31.6 Å². The van der Waals surface area contributed by atoms with Gasteiger partial charge < -0.3 is 0 Å². The predicted molar refractivity (Wildman–Crippen MR) is 107 cm³/mol. The fourth-order valence-electron chi connectivity index (χ4n) is 4.17. The minimum absolute atomic E-state index is 1.17. The zero-order valence-electron chi connectivity index (χ0n) is 15.9. The van der Waals surface area contributed by atoms with E-state index in [2.05, 4.69) is 50.7 Å². The Morgan fingerprint density at radius 3 is 1.48 bits per heavy atom. The van der Waals surface area contributed by atoms with Gasteiger partial charge in [-0.05, 0) is 0 Å². The van der Waals surface area contributed by atoms with Crippen molar-refractivity contribution in [1.29, 1.82) is 0 Å². The maximum atomic E-state index is 4.13. The molecule has 0 aromatic carbocycles. The fourth-order valence-corrected chi connectivity index (χ4v) is 59.3. The van der Waals surface area contributed by atoms with E-state index in [1.807, 2.05) is 0 Å². The number of rotatable bonds is 13. The molecular weight excluding hydrogens is 420 g/mol. The molecule has 0 bridgehead atoms. The van der Waals surface area contributed by atoms with E-state index in [1.165, 1.54) is 47.7 Å². The van der Waals surface area contributed by atoms with E-state index >= 15 is 0 Å². The molecule has 1 unspecified atom stereocenters. The molecule has 126 valence electrons. The van der Waals surface area contributed by atoms with Crippen molar-refractivity contribution in [3.05, 3.63) is 12.7 Å². The predicted octanol–water partition coefficient (Wildman–Crippen LogP) is 7.66. The summed E-state index contributed by atoms with van der Waals surface area (Å²) in [4.78, 5) is 0. The summed E-state index contributed by atoms with van der Waals surface area (Å²) in [7, 11) is 0. The van der Waals surface area contributed by atoms with Crippen LogP contribution >= 0.6 is 0 Å². The summed E-state index contributed by atoms with van der Waals surface area (Å²) in [5, 5.41) is 0. The van der Waals surface area contributed by atoms with Crippen molar-refractivity contribution in [3.63, 3.8) is 0 Å². The molecule has 0 amide bonds. The van der Waals surface area contributed by atoms with Gasteiger partial charge in [-0.25, -0.2) is 0 Å². The summed E-state index contributed by atoms with van der Waals surface area (Å²) < 4.78 is 6.19. The van der Waals surface area contributed by atoms with Gasteiger partial charge in [0.2, 0.25) is 0 Å². The van der Waals surface area contributed by atoms with Crippen LogP contribution in [0.3, 0.4) is 0 Å². The third kappa shape index (κ3) is 7.95. The summed E-state index contributed by atoms with van der Waals surface area (Å²) in [6.45, 7) is 11.3. The first kappa shape index (κ1) is 22.1. The van der Waals surface area contributed by atoms with Gasteiger partial charge in [0.25, 0.3) is 0 Å². The zero-order chi connectivity index (χ0) is 16.4. The number of hydrogen-bond acceptors (Lipinski definition) is 0. The van der Waals surface area contributed by atoms with Gasteiger partial charge >= 0.3 is 143 Å². The standard InChI is InChI=1S/C7H15Ge.3C4H9.Sn/c1-5-6-7-8(2,3)4;3*1-3-4-2;/h5,7H,1,6H2,2-4H3;3*1,3-4H2,2H3;. The van der Waals surface area contributed by atoms with Crippen LogP contribution in [0.4, 0.5) is 0 Å². The monoisotopic (exact) mass is 464 g/mol. The molecule has 0 aliphatic rings. The molecule has 0 aliphatic carbocycles. The third-order valence-electron chi connectivity index (χ3n) is 5.27. The average Bonchev–Trinajstić information content (AvgIpc) is 2.44. The van der Waals surface area contributed by atoms with Gasteiger partial charge in [0.05, 0.1) is 0 Å². The molecule has 0 saturated carbocycles. The molecular formula is C19H42GeSn. The van der Waals surface area contributed by atoms with Crippen LogP contribution in [0.5, 0.6) is 0 Å². The van der Waals surface area contributed by atoms with Crippen molar-refractivity contribution in [2.45, 2.75) is 99.1 Å². The van der Waals surface area contributed by atoms with E-state index in [9.17, 15) is 0 Å². The Bertz CT molecular complexity index is 245. The van der Waals surface area contributed by atoms with E-state index in [4.69, 9.17) is 0 Å². The number of unbranched alkanes of at least 4 members (excludes halogenated alkanes) is 3. The maximum absolute atomic E-state index is 4.13. The molecule has 0 rings (SSSR count). The van der Waals surface area contributed by atoms with Crippen molar-refractivity contribution in [3.8, 4) is 0 Å². The SMILES string of the molecule is C=CC[CH]([Ge]([CH3])([CH3])[CH3])[Sn]([CH2]CCC)([CH2]CCC)[CH2]CCC. The van der Waals surface area contributed by atoms with Gasteiger partial charge in [-0.1, -0.05) is 0 Å². The summed E-state index contributed by atoms with van der Waals surface area (Å²) in [5.74, 6) is 8.05. The molecule has 0 aromatic rings. The first-order chi connectivity index (χ1) is 9.87. The van der Waals surface area contributed by atoms with Gasteiger partial charge in [-0.2, -0.15) is 0 Å². The molecule has 0 radical (unpaired) electrons. The second kappa shape index (κ2) is 11.6. The topological polar surface area (TPSA) is 0 Å². The van der Waals surface area contributed by atoms with E-state index in [0.717, 1.165) is 0 Å². The third-order valence-corrected chi connectivity index (χ3v) is 48.1. The number of allylic oxidation sites excluding steroid dienone is 1. The first-order valence-corrected chi connectivity index (χ1v) is 24.7. The van der Waals surface area contributed by atoms with Gasteiger partial charge in [0, 0.05) is 0 Å². The first-order valence-electron chi connectivity index (χ1n) is 9.48. The molecule has 0 heterocycles. The Hall–Kier alpha value is 1.08. The summed E-state index contributed by atoms with van der Waals surface area (Å²) in [5.41, 5.74) is 0. The molecule has 0 aliphatic heterocycles. The Labute approximate surface area is 142 Å². The molecule has 0 N–H and O–H groups in total. The van der Waals surface area contributed by atoms with Crippen molar-refractivity contribution in [2.24, 2.45) is 0 Å². The van der Waals surface area contributed by atoms with Crippen molar-refractivity contribution in [2.75, 3.05) is 0 Å². The van der Waals surface area contributed by atoms with Crippen molar-refractivity contribution < 1.29 is 0 Å². The average molecular weight is 462 g/mol. The second-order valence-corrected chi connectivity index (χ2v) is 37.0. The molecule has 0 fully saturated rings. The van der Waals surface area contributed by atoms with E-state index in [0.29, 0.717) is 0 Å². The van der Waals surface area contributed by atoms with Gasteiger partial charge in [0.1, 0.15) is 0 Å². The summed E-state index contributed by atoms with van der Waals surface area (Å²) in [6.07, 6.45) is 12.4. The van der Waals surface area contributed by atoms with E-state index in [-0.39, 0.29) is 0 Å². The Morgan fingerprint density at radius 2 is 1.24 bits per heavy atom. The molecule has 0 saturated heterocycles. The zero-order valence-corrected chi connectivity index (χ0v) is 20.9. The van der Waals surface area contributed by atoms with Crippen LogP contribution < -0.4 is 0 Å². The quantitative estimate of drug-likeness (QED) is 0.195. The number of hydrogen-bond donors (Lipinski definition) is 0. The van der Waals surface area contributed by atoms with Crippen LogP contribution in [0.25, 0.3) is 0 Å². The van der Waals surface area contributed by atoms with Crippen LogP contribution in [0.2, 0.25) is 33.3 Å². The molecule has 0 spiro atoms. The van der Waals surface area contributed by atoms with Crippen LogP contribution in [0.15, 0.2) is 12.7 Å². The van der Waals surface area contributed by atoms with Crippen LogP contribution in [0, 0.1) is 0 Å². The fraction of sp³-hybridized carbons (Fsp3) is 0.895. The van der Waals surface area contributed by atoms with Crippen LogP contribution in [0.1, 0.15) is 65.7 Å².